The minimum atomic E-state index is -0.100. The molecule has 5 nitrogen and oxygen atoms in total. The smallest absolute Gasteiger partial charge is 0.305 e. The molecule has 2 aromatic rings. The summed E-state index contributed by atoms with van der Waals surface area (Å²) in [5, 5.41) is 3.80. The lowest BCUT2D eigenvalue weighted by Crippen LogP contribution is -2.48. The second-order valence-corrected chi connectivity index (χ2v) is 7.74. The maximum atomic E-state index is 11.8. The van der Waals surface area contributed by atoms with Crippen LogP contribution >= 0.6 is 0 Å². The summed E-state index contributed by atoms with van der Waals surface area (Å²) in [6.07, 6.45) is 3.57. The number of rotatable bonds is 10. The van der Waals surface area contributed by atoms with Gasteiger partial charge in [-0.2, -0.15) is 0 Å². The summed E-state index contributed by atoms with van der Waals surface area (Å²) in [4.78, 5) is 14.3. The van der Waals surface area contributed by atoms with Gasteiger partial charge in [-0.1, -0.05) is 48.5 Å². The summed E-state index contributed by atoms with van der Waals surface area (Å²) >= 11 is 0. The Hall–Kier alpha value is -2.37. The molecule has 0 spiro atoms. The Kier molecular flexibility index (Phi) is 8.72. The standard InChI is InChI=1S/C25H34N2O3/c1-3-30-24(28)16-10-18-27-17-9-14-22(25(27)20-11-5-4-6-12-20)26-19-21-13-7-8-15-23(21)29-2/h4-8,11-13,15,22,25-26H,3,9-10,14,16-19H2,1-2H3/t22-,25-/m0/s1. The lowest BCUT2D eigenvalue weighted by atomic mass is 9.89. The summed E-state index contributed by atoms with van der Waals surface area (Å²) < 4.78 is 10.6. The van der Waals surface area contributed by atoms with E-state index in [4.69, 9.17) is 9.47 Å². The van der Waals surface area contributed by atoms with Crippen LogP contribution in [0.1, 0.15) is 49.8 Å². The number of methoxy groups -OCH3 is 1. The fourth-order valence-corrected chi connectivity index (χ4v) is 4.37. The maximum absolute atomic E-state index is 11.8. The molecule has 30 heavy (non-hydrogen) atoms. The van der Waals surface area contributed by atoms with Crippen molar-refractivity contribution in [2.75, 3.05) is 26.8 Å². The van der Waals surface area contributed by atoms with Crippen LogP contribution < -0.4 is 10.1 Å². The Morgan fingerprint density at radius 1 is 1.13 bits per heavy atom. The fraction of sp³-hybridized carbons (Fsp3) is 0.480. The second-order valence-electron chi connectivity index (χ2n) is 7.74. The van der Waals surface area contributed by atoms with Crippen molar-refractivity contribution in [3.8, 4) is 5.75 Å². The molecule has 0 aromatic heterocycles. The molecule has 2 aromatic carbocycles. The maximum Gasteiger partial charge on any atom is 0.305 e. The highest BCUT2D eigenvalue weighted by Crippen LogP contribution is 2.32. The first-order valence-electron chi connectivity index (χ1n) is 11.0. The van der Waals surface area contributed by atoms with E-state index in [1.807, 2.05) is 19.1 Å². The van der Waals surface area contributed by atoms with Gasteiger partial charge in [-0.3, -0.25) is 9.69 Å². The van der Waals surface area contributed by atoms with Gasteiger partial charge in [0.2, 0.25) is 0 Å². The van der Waals surface area contributed by atoms with E-state index in [0.717, 1.165) is 44.6 Å². The van der Waals surface area contributed by atoms with Gasteiger partial charge in [-0.25, -0.2) is 0 Å². The van der Waals surface area contributed by atoms with Crippen LogP contribution in [0.15, 0.2) is 54.6 Å². The van der Waals surface area contributed by atoms with E-state index < -0.39 is 0 Å². The van der Waals surface area contributed by atoms with Crippen molar-refractivity contribution in [1.82, 2.24) is 10.2 Å². The average molecular weight is 411 g/mol. The van der Waals surface area contributed by atoms with Crippen molar-refractivity contribution in [2.45, 2.75) is 51.2 Å². The highest BCUT2D eigenvalue weighted by atomic mass is 16.5. The van der Waals surface area contributed by atoms with Gasteiger partial charge in [0.15, 0.2) is 0 Å². The highest BCUT2D eigenvalue weighted by molar-refractivity contribution is 5.69. The van der Waals surface area contributed by atoms with Crippen LogP contribution in [0.25, 0.3) is 0 Å². The van der Waals surface area contributed by atoms with Gasteiger partial charge in [0.1, 0.15) is 5.75 Å². The Bertz CT molecular complexity index is 781. The number of likely N-dealkylation sites (tertiary alicyclic amines) is 1. The van der Waals surface area contributed by atoms with Gasteiger partial charge < -0.3 is 14.8 Å². The number of hydrogen-bond donors (Lipinski definition) is 1. The summed E-state index contributed by atoms with van der Waals surface area (Å²) in [7, 11) is 1.72. The third kappa shape index (κ3) is 6.07. The zero-order valence-corrected chi connectivity index (χ0v) is 18.2. The first-order valence-corrected chi connectivity index (χ1v) is 11.0. The zero-order chi connectivity index (χ0) is 21.2. The summed E-state index contributed by atoms with van der Waals surface area (Å²) in [5.41, 5.74) is 2.50. The topological polar surface area (TPSA) is 50.8 Å². The molecule has 0 unspecified atom stereocenters. The van der Waals surface area contributed by atoms with E-state index in [1.165, 1.54) is 11.1 Å². The Balaban J connectivity index is 1.70. The van der Waals surface area contributed by atoms with E-state index in [2.05, 4.69) is 52.7 Å². The number of para-hydroxylation sites is 1. The summed E-state index contributed by atoms with van der Waals surface area (Å²) in [6.45, 7) is 5.02. The summed E-state index contributed by atoms with van der Waals surface area (Å²) in [6, 6.07) is 19.5. The quantitative estimate of drug-likeness (QED) is 0.591. The van der Waals surface area contributed by atoms with Crippen LogP contribution in [0.5, 0.6) is 5.75 Å². The SMILES string of the molecule is CCOC(=O)CCCN1CCC[C@H](NCc2ccccc2OC)[C@@H]1c1ccccc1. The summed E-state index contributed by atoms with van der Waals surface area (Å²) in [5.74, 6) is 0.819. The van der Waals surface area contributed by atoms with E-state index in [0.29, 0.717) is 19.1 Å². The Labute approximate surface area is 180 Å². The third-order valence-electron chi connectivity index (χ3n) is 5.75. The van der Waals surface area contributed by atoms with E-state index >= 15 is 0 Å². The Morgan fingerprint density at radius 2 is 1.90 bits per heavy atom. The van der Waals surface area contributed by atoms with Crippen LogP contribution in [-0.2, 0) is 16.1 Å². The normalized spacial score (nSPS) is 19.4. The molecule has 0 aliphatic carbocycles. The third-order valence-corrected chi connectivity index (χ3v) is 5.75. The van der Waals surface area contributed by atoms with Crippen LogP contribution in [0.2, 0.25) is 0 Å². The first kappa shape index (κ1) is 22.3. The van der Waals surface area contributed by atoms with Crippen LogP contribution in [-0.4, -0.2) is 43.7 Å². The van der Waals surface area contributed by atoms with Gasteiger partial charge in [0.05, 0.1) is 19.8 Å². The molecule has 1 saturated heterocycles. The molecule has 1 aliphatic rings. The lowest BCUT2D eigenvalue weighted by molar-refractivity contribution is -0.143. The second kappa shape index (κ2) is 11.7. The number of piperidine rings is 1. The molecule has 162 valence electrons. The molecule has 1 N–H and O–H groups in total. The average Bonchev–Trinajstić information content (AvgIpc) is 2.78. The Morgan fingerprint density at radius 3 is 2.67 bits per heavy atom. The predicted molar refractivity (Wildman–Crippen MR) is 119 cm³/mol. The largest absolute Gasteiger partial charge is 0.496 e. The minimum absolute atomic E-state index is 0.100. The van der Waals surface area contributed by atoms with Crippen LogP contribution in [0, 0.1) is 0 Å². The van der Waals surface area contributed by atoms with Gasteiger partial charge in [-0.05, 0) is 50.9 Å². The molecule has 5 heteroatoms. The molecule has 1 fully saturated rings. The van der Waals surface area contributed by atoms with Crippen molar-refractivity contribution in [1.29, 1.82) is 0 Å². The number of nitrogens with one attached hydrogen (secondary N) is 1. The molecule has 0 radical (unpaired) electrons. The number of carbonyl (C=O) groups excluding carboxylic acids is 1. The molecule has 0 bridgehead atoms. The number of carbonyl (C=O) groups is 1. The van der Waals surface area contributed by atoms with E-state index in [1.54, 1.807) is 7.11 Å². The molecular formula is C25H34N2O3. The van der Waals surface area contributed by atoms with Crippen LogP contribution in [0.3, 0.4) is 0 Å². The van der Waals surface area contributed by atoms with Crippen molar-refractivity contribution in [3.05, 3.63) is 65.7 Å². The van der Waals surface area contributed by atoms with Gasteiger partial charge in [-0.15, -0.1) is 0 Å². The highest BCUT2D eigenvalue weighted by Gasteiger charge is 2.32. The number of benzene rings is 2. The number of nitrogens with zero attached hydrogens (tertiary/aromatic N) is 1. The molecule has 1 heterocycles. The van der Waals surface area contributed by atoms with Crippen molar-refractivity contribution >= 4 is 5.97 Å². The molecule has 1 aliphatic heterocycles. The van der Waals surface area contributed by atoms with Gasteiger partial charge >= 0.3 is 5.97 Å². The zero-order valence-electron chi connectivity index (χ0n) is 18.2. The molecule has 0 amide bonds. The molecule has 3 rings (SSSR count). The van der Waals surface area contributed by atoms with Crippen LogP contribution in [0.4, 0.5) is 0 Å². The first-order chi connectivity index (χ1) is 14.7. The molecule has 0 saturated carbocycles. The molecule has 2 atom stereocenters. The van der Waals surface area contributed by atoms with E-state index in [-0.39, 0.29) is 12.0 Å². The molecular weight excluding hydrogens is 376 g/mol. The van der Waals surface area contributed by atoms with Gasteiger partial charge in [0, 0.05) is 24.6 Å². The van der Waals surface area contributed by atoms with Crippen molar-refractivity contribution < 1.29 is 14.3 Å². The number of esters is 1. The van der Waals surface area contributed by atoms with Crippen molar-refractivity contribution in [2.24, 2.45) is 0 Å². The van der Waals surface area contributed by atoms with Gasteiger partial charge in [0.25, 0.3) is 0 Å². The van der Waals surface area contributed by atoms with E-state index in [9.17, 15) is 4.79 Å². The fourth-order valence-electron chi connectivity index (χ4n) is 4.37. The lowest BCUT2D eigenvalue weighted by Gasteiger charge is -2.42. The monoisotopic (exact) mass is 410 g/mol. The predicted octanol–water partition coefficient (Wildman–Crippen LogP) is 4.33. The number of hydrogen-bond acceptors (Lipinski definition) is 5. The van der Waals surface area contributed by atoms with Crippen molar-refractivity contribution in [3.63, 3.8) is 0 Å². The minimum Gasteiger partial charge on any atom is -0.496 e. The number of ether oxygens (including phenoxy) is 2.